The molecule has 0 N–H and O–H groups in total. The van der Waals surface area contributed by atoms with Crippen molar-refractivity contribution >= 4 is 87.1 Å². The van der Waals surface area contributed by atoms with Crippen LogP contribution < -0.4 is 0 Å². The van der Waals surface area contributed by atoms with E-state index in [0.717, 1.165) is 0 Å². The molecule has 0 radical (unpaired) electrons. The van der Waals surface area contributed by atoms with E-state index >= 15 is 0 Å². The summed E-state index contributed by atoms with van der Waals surface area (Å²) in [5, 5.41) is 0. The highest BCUT2D eigenvalue weighted by Crippen LogP contribution is 2.47. The van der Waals surface area contributed by atoms with Crippen LogP contribution in [0.25, 0.3) is 0 Å². The Hall–Kier alpha value is 2.03. The van der Waals surface area contributed by atoms with E-state index in [4.69, 9.17) is 18.9 Å². The van der Waals surface area contributed by atoms with Crippen LogP contribution in [0.4, 0.5) is 0 Å². The molecule has 0 fully saturated rings. The van der Waals surface area contributed by atoms with Crippen LogP contribution >= 0.6 is 61.1 Å². The Kier molecular flexibility index (Phi) is 22.5. The van der Waals surface area contributed by atoms with Gasteiger partial charge in [-0.15, -0.1) is 0 Å². The van der Waals surface area contributed by atoms with Crippen LogP contribution in [0.15, 0.2) is 0 Å². The molecule has 0 saturated heterocycles. The molecule has 194 valence electrons. The summed E-state index contributed by atoms with van der Waals surface area (Å²) in [6, 6.07) is 0. The molecule has 6 nitrogen and oxygen atoms in total. The average Bonchev–Trinajstić information content (AvgIpc) is 2.76. The minimum Gasteiger partial charge on any atom is -0.359 e. The van der Waals surface area contributed by atoms with E-state index < -0.39 is 17.3 Å². The summed E-state index contributed by atoms with van der Waals surface area (Å²) in [6.45, 7) is 4.53. The number of hydrogen-bond acceptors (Lipinski definition) is 8. The fourth-order valence-electron chi connectivity index (χ4n) is 2.62. The number of methoxy groups -OCH3 is 4. The van der Waals surface area contributed by atoms with Crippen LogP contribution in [0.3, 0.4) is 0 Å². The zero-order valence-corrected chi connectivity index (χ0v) is 29.1. The smallest absolute Gasteiger partial charge is 0.148 e. The maximum atomic E-state index is 5.55. The number of ether oxygens (including phenoxy) is 4. The summed E-state index contributed by atoms with van der Waals surface area (Å²) in [5.74, 6) is 2.39. The maximum Gasteiger partial charge on any atom is 0.148 e. The van der Waals surface area contributed by atoms with Gasteiger partial charge >= 0.3 is 0 Å². The highest BCUT2D eigenvalue weighted by atomic mass is 33.7. The molecule has 32 heavy (non-hydrogen) atoms. The zero-order valence-electron chi connectivity index (χ0n) is 21.4. The van der Waals surface area contributed by atoms with Crippen LogP contribution in [0.1, 0.15) is 26.7 Å². The normalized spacial score (nSPS) is 15.9. The molecular formula is C18H44N2O4S6Si2. The van der Waals surface area contributed by atoms with E-state index in [0.29, 0.717) is 0 Å². The summed E-state index contributed by atoms with van der Waals surface area (Å²) in [5.41, 5.74) is 0. The summed E-state index contributed by atoms with van der Waals surface area (Å²) in [6.07, 6.45) is 2.37. The predicted molar refractivity (Wildman–Crippen MR) is 166 cm³/mol. The first kappa shape index (κ1) is 34.0. The molecule has 0 aliphatic heterocycles. The van der Waals surface area contributed by atoms with Crippen LogP contribution in [-0.4, -0.2) is 116 Å². The van der Waals surface area contributed by atoms with Crippen molar-refractivity contribution in [3.05, 3.63) is 0 Å². The van der Waals surface area contributed by atoms with Gasteiger partial charge in [0.2, 0.25) is 0 Å². The summed E-state index contributed by atoms with van der Waals surface area (Å²) in [4.78, 5) is 4.59. The van der Waals surface area contributed by atoms with Gasteiger partial charge in [-0.05, 0) is 93.8 Å². The Morgan fingerprint density at radius 1 is 0.688 bits per heavy atom. The van der Waals surface area contributed by atoms with Crippen molar-refractivity contribution in [1.29, 1.82) is 0 Å². The zero-order chi connectivity index (χ0) is 24.5. The molecule has 0 saturated carbocycles. The van der Waals surface area contributed by atoms with Gasteiger partial charge in [0.15, 0.2) is 0 Å². The van der Waals surface area contributed by atoms with Gasteiger partial charge < -0.3 is 18.9 Å². The highest BCUT2D eigenvalue weighted by Gasteiger charge is 2.18. The van der Waals surface area contributed by atoms with Gasteiger partial charge in [-0.2, -0.15) is 19.9 Å². The number of rotatable bonds is 15. The van der Waals surface area contributed by atoms with Crippen LogP contribution in [0, 0.1) is 0 Å². The monoisotopic (exact) mass is 600 g/mol. The second-order valence-electron chi connectivity index (χ2n) is 7.15. The molecule has 0 aliphatic rings. The molecule has 0 aromatic heterocycles. The fourth-order valence-corrected chi connectivity index (χ4v) is 28.8. The molecule has 0 amide bonds. The molecule has 0 spiro atoms. The maximum absolute atomic E-state index is 5.55. The van der Waals surface area contributed by atoms with Gasteiger partial charge in [0, 0.05) is 28.4 Å². The Labute approximate surface area is 221 Å². The van der Waals surface area contributed by atoms with Crippen LogP contribution in [-0.2, 0) is 18.9 Å². The second kappa shape index (κ2) is 21.2. The SMILES string of the molecule is CCCS([SiH2]C(OC)OC)=C(SSSSC(N(C)C)=S(CCC)[SiH2]C(OC)OC)N(C)C. The number of hydrogen-bond donors (Lipinski definition) is 0. The lowest BCUT2D eigenvalue weighted by Gasteiger charge is -2.24. The van der Waals surface area contributed by atoms with Crippen molar-refractivity contribution in [3.8, 4) is 0 Å². The van der Waals surface area contributed by atoms with Crippen molar-refractivity contribution in [2.75, 3.05) is 68.1 Å². The van der Waals surface area contributed by atoms with E-state index in [1.54, 1.807) is 28.4 Å². The summed E-state index contributed by atoms with van der Waals surface area (Å²) >= 11 is 0. The molecule has 2 atom stereocenters. The largest absolute Gasteiger partial charge is 0.359 e. The lowest BCUT2D eigenvalue weighted by atomic mass is 10.6. The molecule has 0 heterocycles. The molecule has 0 rings (SSSR count). The first-order valence-corrected chi connectivity index (χ1v) is 23.6. The van der Waals surface area contributed by atoms with Gasteiger partial charge in [-0.1, -0.05) is 13.8 Å². The third-order valence-electron chi connectivity index (χ3n) is 4.09. The minimum absolute atomic E-state index is 0.0170. The van der Waals surface area contributed by atoms with Crippen LogP contribution in [0.2, 0.25) is 0 Å². The second-order valence-corrected chi connectivity index (χ2v) is 25.1. The Morgan fingerprint density at radius 2 is 1.00 bits per heavy atom. The first-order chi connectivity index (χ1) is 15.3. The van der Waals surface area contributed by atoms with Gasteiger partial charge in [0.05, 0.1) is 8.64 Å². The molecular weight excluding hydrogens is 557 g/mol. The molecule has 0 bridgehead atoms. The third kappa shape index (κ3) is 13.9. The van der Waals surface area contributed by atoms with Crippen molar-refractivity contribution in [1.82, 2.24) is 9.80 Å². The van der Waals surface area contributed by atoms with Gasteiger partial charge in [0.1, 0.15) is 29.2 Å². The average molecular weight is 601 g/mol. The van der Waals surface area contributed by atoms with E-state index in [9.17, 15) is 0 Å². The highest BCUT2D eigenvalue weighted by molar-refractivity contribution is 9.29. The third-order valence-corrected chi connectivity index (χ3v) is 27.5. The van der Waals surface area contributed by atoms with Gasteiger partial charge in [-0.25, -0.2) is 0 Å². The molecule has 2 unspecified atom stereocenters. The van der Waals surface area contributed by atoms with Crippen molar-refractivity contribution in [2.45, 2.75) is 38.5 Å². The topological polar surface area (TPSA) is 43.4 Å². The van der Waals surface area contributed by atoms with Crippen LogP contribution in [0.5, 0.6) is 0 Å². The van der Waals surface area contributed by atoms with E-state index in [2.05, 4.69) is 51.8 Å². The Balaban J connectivity index is 5.39. The standard InChI is InChI=1S/C18H44N2O4S6Si2/c1-11-13-29(31-17(21-7)22-8)15(19(3)4)25-27-28-26-16(20(5)6)30(14-12-2)32-18(23-9)24-10/h17-18H,11-14,31-32H2,1-10H3. The summed E-state index contributed by atoms with van der Waals surface area (Å²) in [7, 11) is 22.6. The Bertz CT molecular complexity index is 518. The van der Waals surface area contributed by atoms with Gasteiger partial charge in [0.25, 0.3) is 0 Å². The predicted octanol–water partition coefficient (Wildman–Crippen LogP) is 3.64. The Morgan fingerprint density at radius 3 is 1.22 bits per heavy atom. The fraction of sp³-hybridized carbons (Fsp3) is 0.889. The lowest BCUT2D eigenvalue weighted by Crippen LogP contribution is -2.26. The van der Waals surface area contributed by atoms with E-state index in [1.807, 2.05) is 41.2 Å². The molecule has 0 aliphatic carbocycles. The molecule has 0 aromatic carbocycles. The van der Waals surface area contributed by atoms with Crippen molar-refractivity contribution < 1.29 is 18.9 Å². The summed E-state index contributed by atoms with van der Waals surface area (Å²) < 4.78 is 25.1. The van der Waals surface area contributed by atoms with Crippen molar-refractivity contribution in [3.63, 3.8) is 0 Å². The first-order valence-electron chi connectivity index (χ1n) is 10.5. The van der Waals surface area contributed by atoms with Gasteiger partial charge in [-0.3, -0.25) is 9.80 Å². The van der Waals surface area contributed by atoms with E-state index in [-0.39, 0.29) is 31.7 Å². The number of nitrogens with zero attached hydrogens (tertiary/aromatic N) is 2. The molecule has 14 heteroatoms. The van der Waals surface area contributed by atoms with Crippen molar-refractivity contribution in [2.24, 2.45) is 0 Å². The lowest BCUT2D eigenvalue weighted by molar-refractivity contribution is -0.0422. The molecule has 0 aromatic rings. The quantitative estimate of drug-likeness (QED) is 0.0915. The minimum atomic E-state index is -0.543. The van der Waals surface area contributed by atoms with E-state index in [1.165, 1.54) is 33.0 Å².